The SMILES string of the molecule is CC(C)C(=O)N1CCC2(CC1)CSc1ccc(CN)cc12. The summed E-state index contributed by atoms with van der Waals surface area (Å²) in [5.41, 5.74) is 8.76. The van der Waals surface area contributed by atoms with Crippen molar-refractivity contribution in [2.24, 2.45) is 11.7 Å². The molecule has 0 aliphatic carbocycles. The van der Waals surface area contributed by atoms with E-state index in [-0.39, 0.29) is 11.3 Å². The largest absolute Gasteiger partial charge is 0.342 e. The molecule has 114 valence electrons. The third kappa shape index (κ3) is 2.59. The number of carbonyl (C=O) groups is 1. The van der Waals surface area contributed by atoms with Crippen LogP contribution in [0.3, 0.4) is 0 Å². The normalized spacial score (nSPS) is 20.1. The summed E-state index contributed by atoms with van der Waals surface area (Å²) >= 11 is 1.96. The van der Waals surface area contributed by atoms with Gasteiger partial charge in [-0.15, -0.1) is 11.8 Å². The fourth-order valence-electron chi connectivity index (χ4n) is 3.47. The molecule has 0 aromatic heterocycles. The van der Waals surface area contributed by atoms with Crippen LogP contribution < -0.4 is 5.73 Å². The number of fused-ring (bicyclic) bond motifs is 2. The summed E-state index contributed by atoms with van der Waals surface area (Å²) in [6.07, 6.45) is 2.17. The molecule has 0 bridgehead atoms. The number of nitrogens with two attached hydrogens (primary N) is 1. The highest BCUT2D eigenvalue weighted by molar-refractivity contribution is 7.99. The molecule has 1 fully saturated rings. The van der Waals surface area contributed by atoms with Crippen molar-refractivity contribution in [3.63, 3.8) is 0 Å². The van der Waals surface area contributed by atoms with E-state index in [2.05, 4.69) is 18.2 Å². The molecule has 1 aromatic carbocycles. The van der Waals surface area contributed by atoms with Crippen molar-refractivity contribution in [1.29, 1.82) is 0 Å². The molecule has 0 atom stereocenters. The van der Waals surface area contributed by atoms with E-state index < -0.39 is 0 Å². The second kappa shape index (κ2) is 5.65. The van der Waals surface area contributed by atoms with Gasteiger partial charge in [-0.2, -0.15) is 0 Å². The van der Waals surface area contributed by atoms with Crippen LogP contribution in [0.4, 0.5) is 0 Å². The number of rotatable bonds is 2. The molecule has 3 nitrogen and oxygen atoms in total. The zero-order valence-corrected chi connectivity index (χ0v) is 13.7. The number of hydrogen-bond acceptors (Lipinski definition) is 3. The Balaban J connectivity index is 1.80. The summed E-state index contributed by atoms with van der Waals surface area (Å²) < 4.78 is 0. The van der Waals surface area contributed by atoms with Crippen molar-refractivity contribution >= 4 is 17.7 Å². The van der Waals surface area contributed by atoms with Gasteiger partial charge in [0.15, 0.2) is 0 Å². The van der Waals surface area contributed by atoms with E-state index in [4.69, 9.17) is 5.73 Å². The molecular formula is C17H24N2OS. The molecule has 2 aliphatic rings. The van der Waals surface area contributed by atoms with Crippen LogP contribution in [-0.4, -0.2) is 29.6 Å². The molecule has 0 saturated carbocycles. The lowest BCUT2D eigenvalue weighted by Crippen LogP contribution is -2.46. The standard InChI is InChI=1S/C17H24N2OS/c1-12(2)16(20)19-7-5-17(6-8-19)11-21-15-4-3-13(10-18)9-14(15)17/h3-4,9,12H,5-8,10-11,18H2,1-2H3. The van der Waals surface area contributed by atoms with Crippen molar-refractivity contribution in [1.82, 2.24) is 4.90 Å². The smallest absolute Gasteiger partial charge is 0.225 e. The summed E-state index contributed by atoms with van der Waals surface area (Å²) in [7, 11) is 0. The van der Waals surface area contributed by atoms with Gasteiger partial charge >= 0.3 is 0 Å². The zero-order valence-electron chi connectivity index (χ0n) is 12.9. The van der Waals surface area contributed by atoms with Crippen LogP contribution in [0.1, 0.15) is 37.8 Å². The topological polar surface area (TPSA) is 46.3 Å². The van der Waals surface area contributed by atoms with Gasteiger partial charge in [0.05, 0.1) is 0 Å². The molecule has 21 heavy (non-hydrogen) atoms. The molecule has 0 radical (unpaired) electrons. The van der Waals surface area contributed by atoms with Gasteiger partial charge in [-0.3, -0.25) is 4.79 Å². The Morgan fingerprint density at radius 3 is 2.71 bits per heavy atom. The summed E-state index contributed by atoms with van der Waals surface area (Å²) in [4.78, 5) is 15.6. The van der Waals surface area contributed by atoms with Gasteiger partial charge < -0.3 is 10.6 Å². The molecule has 1 spiro atoms. The van der Waals surface area contributed by atoms with Gasteiger partial charge in [0.25, 0.3) is 0 Å². The Morgan fingerprint density at radius 2 is 2.10 bits per heavy atom. The zero-order chi connectivity index (χ0) is 15.0. The molecule has 2 heterocycles. The number of thioether (sulfide) groups is 1. The first-order valence-electron chi connectivity index (χ1n) is 7.81. The van der Waals surface area contributed by atoms with Crippen molar-refractivity contribution in [2.75, 3.05) is 18.8 Å². The van der Waals surface area contributed by atoms with Gasteiger partial charge in [-0.25, -0.2) is 0 Å². The minimum absolute atomic E-state index is 0.105. The molecular weight excluding hydrogens is 280 g/mol. The van der Waals surface area contributed by atoms with E-state index in [9.17, 15) is 4.79 Å². The van der Waals surface area contributed by atoms with Gasteiger partial charge in [0, 0.05) is 41.6 Å². The Kier molecular flexibility index (Phi) is 4.02. The number of likely N-dealkylation sites (tertiary alicyclic amines) is 1. The van der Waals surface area contributed by atoms with Crippen LogP contribution in [0, 0.1) is 5.92 Å². The average Bonchev–Trinajstić information content (AvgIpc) is 2.85. The minimum Gasteiger partial charge on any atom is -0.342 e. The van der Waals surface area contributed by atoms with Crippen molar-refractivity contribution < 1.29 is 4.79 Å². The number of nitrogens with zero attached hydrogens (tertiary/aromatic N) is 1. The summed E-state index contributed by atoms with van der Waals surface area (Å²) in [5, 5.41) is 0. The molecule has 1 amide bonds. The Labute approximate surface area is 131 Å². The Bertz CT molecular complexity index is 548. The third-order valence-corrected chi connectivity index (χ3v) is 6.25. The highest BCUT2D eigenvalue weighted by Crippen LogP contribution is 2.49. The van der Waals surface area contributed by atoms with Crippen molar-refractivity contribution in [3.05, 3.63) is 29.3 Å². The van der Waals surface area contributed by atoms with Gasteiger partial charge in [0.2, 0.25) is 5.91 Å². The number of benzene rings is 1. The second-order valence-electron chi connectivity index (χ2n) is 6.58. The highest BCUT2D eigenvalue weighted by atomic mass is 32.2. The molecule has 3 rings (SSSR count). The first-order valence-corrected chi connectivity index (χ1v) is 8.79. The van der Waals surface area contributed by atoms with E-state index in [1.807, 2.05) is 30.5 Å². The lowest BCUT2D eigenvalue weighted by atomic mass is 9.74. The molecule has 4 heteroatoms. The van der Waals surface area contributed by atoms with Crippen LogP contribution >= 0.6 is 11.8 Å². The third-order valence-electron chi connectivity index (χ3n) is 4.88. The van der Waals surface area contributed by atoms with E-state index in [1.165, 1.54) is 16.0 Å². The van der Waals surface area contributed by atoms with E-state index >= 15 is 0 Å². The Hall–Kier alpha value is -1.00. The maximum atomic E-state index is 12.2. The van der Waals surface area contributed by atoms with Gasteiger partial charge in [-0.05, 0) is 30.0 Å². The number of piperidine rings is 1. The van der Waals surface area contributed by atoms with Crippen molar-refractivity contribution in [2.45, 2.75) is 43.5 Å². The average molecular weight is 304 g/mol. The molecule has 1 aromatic rings. The summed E-state index contributed by atoms with van der Waals surface area (Å²) in [6.45, 7) is 6.36. The molecule has 0 unspecified atom stereocenters. The first-order chi connectivity index (χ1) is 10.1. The van der Waals surface area contributed by atoms with Crippen molar-refractivity contribution in [3.8, 4) is 0 Å². The maximum Gasteiger partial charge on any atom is 0.225 e. The maximum absolute atomic E-state index is 12.2. The summed E-state index contributed by atoms with van der Waals surface area (Å²) in [5.74, 6) is 1.56. The second-order valence-corrected chi connectivity index (χ2v) is 7.60. The van der Waals surface area contributed by atoms with Crippen LogP contribution in [0.2, 0.25) is 0 Å². The lowest BCUT2D eigenvalue weighted by Gasteiger charge is -2.40. The molecule has 2 N–H and O–H groups in total. The highest BCUT2D eigenvalue weighted by Gasteiger charge is 2.42. The molecule has 1 saturated heterocycles. The number of amides is 1. The van der Waals surface area contributed by atoms with Crippen LogP contribution in [0.5, 0.6) is 0 Å². The number of hydrogen-bond donors (Lipinski definition) is 1. The van der Waals surface area contributed by atoms with Crippen LogP contribution in [-0.2, 0) is 16.8 Å². The fourth-order valence-corrected chi connectivity index (χ4v) is 4.94. The fraction of sp³-hybridized carbons (Fsp3) is 0.588. The van der Waals surface area contributed by atoms with Crippen LogP contribution in [0.15, 0.2) is 23.1 Å². The number of carbonyl (C=O) groups excluding carboxylic acids is 1. The van der Waals surface area contributed by atoms with Gasteiger partial charge in [0.1, 0.15) is 0 Å². The molecule has 2 aliphatic heterocycles. The van der Waals surface area contributed by atoms with E-state index in [0.29, 0.717) is 12.5 Å². The lowest BCUT2D eigenvalue weighted by molar-refractivity contribution is -0.136. The van der Waals surface area contributed by atoms with E-state index in [1.54, 1.807) is 0 Å². The quantitative estimate of drug-likeness (QED) is 0.914. The Morgan fingerprint density at radius 1 is 1.38 bits per heavy atom. The summed E-state index contributed by atoms with van der Waals surface area (Å²) in [6, 6.07) is 6.67. The minimum atomic E-state index is 0.105. The van der Waals surface area contributed by atoms with Crippen LogP contribution in [0.25, 0.3) is 0 Å². The predicted molar refractivity (Wildman–Crippen MR) is 87.4 cm³/mol. The first kappa shape index (κ1) is 14.9. The predicted octanol–water partition coefficient (Wildman–Crippen LogP) is 2.77. The van der Waals surface area contributed by atoms with E-state index in [0.717, 1.165) is 31.7 Å². The van der Waals surface area contributed by atoms with Gasteiger partial charge in [-0.1, -0.05) is 26.0 Å². The monoisotopic (exact) mass is 304 g/mol.